The zero-order valence-electron chi connectivity index (χ0n) is 20.6. The number of carbonyl (C=O) groups excluding carboxylic acids is 1. The van der Waals surface area contributed by atoms with Crippen LogP contribution in [0.25, 0.3) is 28.0 Å². The van der Waals surface area contributed by atoms with Crippen LogP contribution in [0.2, 0.25) is 15.1 Å². The summed E-state index contributed by atoms with van der Waals surface area (Å²) in [6.45, 7) is 0.836. The van der Waals surface area contributed by atoms with Gasteiger partial charge < -0.3 is 14.6 Å². The minimum absolute atomic E-state index is 0.195. The van der Waals surface area contributed by atoms with Crippen LogP contribution in [0.1, 0.15) is 28.9 Å². The molecule has 0 aliphatic carbocycles. The van der Waals surface area contributed by atoms with Gasteiger partial charge in [-0.1, -0.05) is 53.0 Å². The van der Waals surface area contributed by atoms with Crippen molar-refractivity contribution in [3.8, 4) is 28.1 Å². The number of hydrogen-bond acceptors (Lipinski definition) is 2. The van der Waals surface area contributed by atoms with E-state index in [-0.39, 0.29) is 5.91 Å². The number of halogens is 3. The maximum Gasteiger partial charge on any atom is 0.273 e. The molecule has 0 fully saturated rings. The molecule has 1 amide bonds. The van der Waals surface area contributed by atoms with Crippen LogP contribution in [-0.4, -0.2) is 22.0 Å². The van der Waals surface area contributed by atoms with E-state index >= 15 is 0 Å². The maximum absolute atomic E-state index is 14.0. The molecule has 2 aromatic heterocycles. The standard InChI is InChI=1S/C30H24Cl3N3O2/c1-38-22-12-10-21(11-13-22)34-29(37)28-27(18-5-8-20(31)9-6-18)23-4-2-3-15-35-26(17-36(28)30(23)35)19-7-14-24(32)25(33)16-19/h5-14,16-17H,2-4,15H2,1H3,(H,34,37). The molecule has 0 saturated heterocycles. The summed E-state index contributed by atoms with van der Waals surface area (Å²) < 4.78 is 9.59. The van der Waals surface area contributed by atoms with Gasteiger partial charge in [0.05, 0.1) is 22.8 Å². The Morgan fingerprint density at radius 3 is 2.34 bits per heavy atom. The molecular weight excluding hydrogens is 541 g/mol. The summed E-state index contributed by atoms with van der Waals surface area (Å²) in [5.74, 6) is 0.530. The van der Waals surface area contributed by atoms with Gasteiger partial charge in [-0.15, -0.1) is 0 Å². The fraction of sp³-hybridized carbons (Fsp3) is 0.167. The van der Waals surface area contributed by atoms with Crippen molar-refractivity contribution < 1.29 is 9.53 Å². The van der Waals surface area contributed by atoms with Gasteiger partial charge in [0.2, 0.25) is 0 Å². The number of aromatic nitrogens is 2. The molecule has 192 valence electrons. The lowest BCUT2D eigenvalue weighted by Gasteiger charge is -2.11. The van der Waals surface area contributed by atoms with Crippen LogP contribution in [0.3, 0.4) is 0 Å². The Kier molecular flexibility index (Phi) is 6.60. The van der Waals surface area contributed by atoms with Crippen molar-refractivity contribution in [3.05, 3.63) is 99.3 Å². The number of benzene rings is 3. The SMILES string of the molecule is COc1ccc(NC(=O)c2c(-c3ccc(Cl)cc3)c3c4n(c(-c5ccc(Cl)c(Cl)c5)cn24)CCCC3)cc1. The largest absolute Gasteiger partial charge is 0.497 e. The van der Waals surface area contributed by atoms with Gasteiger partial charge in [-0.3, -0.25) is 9.20 Å². The molecule has 1 aliphatic rings. The first kappa shape index (κ1) is 24.9. The number of aryl methyl sites for hydroxylation is 2. The molecule has 3 heterocycles. The quantitative estimate of drug-likeness (QED) is 0.232. The lowest BCUT2D eigenvalue weighted by Crippen LogP contribution is -2.15. The summed E-state index contributed by atoms with van der Waals surface area (Å²) in [4.78, 5) is 14.0. The number of nitrogens with zero attached hydrogens (tertiary/aromatic N) is 2. The average Bonchev–Trinajstić information content (AvgIpc) is 3.34. The van der Waals surface area contributed by atoms with Crippen LogP contribution in [0.5, 0.6) is 5.75 Å². The minimum Gasteiger partial charge on any atom is -0.497 e. The van der Waals surface area contributed by atoms with Gasteiger partial charge in [0.15, 0.2) is 0 Å². The molecule has 0 bridgehead atoms. The number of rotatable bonds is 5. The zero-order chi connectivity index (χ0) is 26.4. The Morgan fingerprint density at radius 2 is 1.63 bits per heavy atom. The Hall–Kier alpha value is -3.38. The van der Waals surface area contributed by atoms with Gasteiger partial charge in [0.25, 0.3) is 5.91 Å². The Morgan fingerprint density at radius 1 is 0.895 bits per heavy atom. The second-order valence-corrected chi connectivity index (χ2v) is 10.6. The lowest BCUT2D eigenvalue weighted by atomic mass is 9.97. The fourth-order valence-electron chi connectivity index (χ4n) is 5.29. The Balaban J connectivity index is 1.58. The summed E-state index contributed by atoms with van der Waals surface area (Å²) in [5, 5.41) is 4.75. The summed E-state index contributed by atoms with van der Waals surface area (Å²) in [5.41, 5.74) is 7.26. The monoisotopic (exact) mass is 563 g/mol. The third-order valence-electron chi connectivity index (χ3n) is 7.05. The summed E-state index contributed by atoms with van der Waals surface area (Å²) in [6.07, 6.45) is 4.94. The van der Waals surface area contributed by atoms with Crippen molar-refractivity contribution in [2.75, 3.05) is 12.4 Å². The van der Waals surface area contributed by atoms with Gasteiger partial charge >= 0.3 is 0 Å². The lowest BCUT2D eigenvalue weighted by molar-refractivity contribution is 0.102. The van der Waals surface area contributed by atoms with Crippen molar-refractivity contribution in [1.82, 2.24) is 8.97 Å². The second-order valence-electron chi connectivity index (χ2n) is 9.34. The summed E-state index contributed by atoms with van der Waals surface area (Å²) in [6, 6.07) is 20.7. The van der Waals surface area contributed by atoms with Crippen molar-refractivity contribution in [2.24, 2.45) is 0 Å². The smallest absolute Gasteiger partial charge is 0.273 e. The molecular formula is C30H24Cl3N3O2. The number of hydrogen-bond donors (Lipinski definition) is 1. The zero-order valence-corrected chi connectivity index (χ0v) is 22.9. The van der Waals surface area contributed by atoms with Crippen LogP contribution in [0.4, 0.5) is 5.69 Å². The second kappa shape index (κ2) is 10.1. The van der Waals surface area contributed by atoms with Gasteiger partial charge in [-0.2, -0.15) is 0 Å². The molecule has 1 N–H and O–H groups in total. The molecule has 5 nitrogen and oxygen atoms in total. The van der Waals surface area contributed by atoms with Gasteiger partial charge in [-0.25, -0.2) is 0 Å². The summed E-state index contributed by atoms with van der Waals surface area (Å²) in [7, 11) is 1.62. The molecule has 0 saturated carbocycles. The molecule has 0 atom stereocenters. The van der Waals surface area contributed by atoms with E-state index in [1.165, 1.54) is 0 Å². The van der Waals surface area contributed by atoms with Gasteiger partial charge in [-0.05, 0) is 73.4 Å². The molecule has 1 aliphatic heterocycles. The molecule has 0 radical (unpaired) electrons. The van der Waals surface area contributed by atoms with Crippen LogP contribution >= 0.6 is 34.8 Å². The van der Waals surface area contributed by atoms with Crippen molar-refractivity contribution in [1.29, 1.82) is 0 Å². The number of imidazole rings is 1. The highest BCUT2D eigenvalue weighted by atomic mass is 35.5. The number of carbonyl (C=O) groups is 1. The molecule has 3 aromatic carbocycles. The number of ether oxygens (including phenoxy) is 1. The van der Waals surface area contributed by atoms with Gasteiger partial charge in [0.1, 0.15) is 17.1 Å². The summed E-state index contributed by atoms with van der Waals surface area (Å²) >= 11 is 18.8. The molecule has 0 spiro atoms. The predicted molar refractivity (Wildman–Crippen MR) is 155 cm³/mol. The van der Waals surface area contributed by atoms with E-state index in [2.05, 4.69) is 9.88 Å². The van der Waals surface area contributed by atoms with E-state index in [9.17, 15) is 4.79 Å². The highest BCUT2D eigenvalue weighted by Gasteiger charge is 2.29. The predicted octanol–water partition coefficient (Wildman–Crippen LogP) is 8.63. The number of anilines is 1. The molecule has 5 aromatic rings. The topological polar surface area (TPSA) is 47.7 Å². The van der Waals surface area contributed by atoms with Crippen LogP contribution in [0, 0.1) is 0 Å². The average molecular weight is 565 g/mol. The first-order valence-corrected chi connectivity index (χ1v) is 13.5. The van der Waals surface area contributed by atoms with Crippen molar-refractivity contribution in [2.45, 2.75) is 25.8 Å². The molecule has 38 heavy (non-hydrogen) atoms. The fourth-order valence-corrected chi connectivity index (χ4v) is 5.71. The highest BCUT2D eigenvalue weighted by Crippen LogP contribution is 2.40. The highest BCUT2D eigenvalue weighted by molar-refractivity contribution is 6.42. The number of nitrogens with one attached hydrogen (secondary N) is 1. The first-order valence-electron chi connectivity index (χ1n) is 12.4. The normalized spacial score (nSPS) is 12.9. The van der Waals surface area contributed by atoms with Crippen molar-refractivity contribution in [3.63, 3.8) is 0 Å². The van der Waals surface area contributed by atoms with E-state index in [1.54, 1.807) is 7.11 Å². The van der Waals surface area contributed by atoms with E-state index in [0.29, 0.717) is 26.4 Å². The first-order chi connectivity index (χ1) is 18.4. The molecule has 8 heteroatoms. The maximum atomic E-state index is 14.0. The third-order valence-corrected chi connectivity index (χ3v) is 8.04. The van der Waals surface area contributed by atoms with E-state index < -0.39 is 0 Å². The molecule has 0 unspecified atom stereocenters. The van der Waals surface area contributed by atoms with E-state index in [1.807, 2.05) is 77.3 Å². The molecule has 6 rings (SSSR count). The third kappa shape index (κ3) is 4.35. The van der Waals surface area contributed by atoms with Crippen molar-refractivity contribution >= 4 is 52.0 Å². The van der Waals surface area contributed by atoms with E-state index in [0.717, 1.165) is 65.2 Å². The van der Waals surface area contributed by atoms with Crippen LogP contribution < -0.4 is 10.1 Å². The number of amides is 1. The van der Waals surface area contributed by atoms with Crippen LogP contribution in [-0.2, 0) is 13.0 Å². The Labute approximate surface area is 235 Å². The van der Waals surface area contributed by atoms with Gasteiger partial charge in [0, 0.05) is 40.1 Å². The minimum atomic E-state index is -0.195. The number of methoxy groups -OCH3 is 1. The Bertz CT molecular complexity index is 1670. The van der Waals surface area contributed by atoms with E-state index in [4.69, 9.17) is 39.5 Å². The van der Waals surface area contributed by atoms with Crippen LogP contribution in [0.15, 0.2) is 72.9 Å².